The number of piperazine rings is 1. The fraction of sp³-hybridized carbons (Fsp3) is 0.320. The zero-order chi connectivity index (χ0) is 21.4. The molecule has 0 unspecified atom stereocenters. The Morgan fingerprint density at radius 1 is 0.742 bits per heavy atom. The van der Waals surface area contributed by atoms with Crippen molar-refractivity contribution in [2.75, 3.05) is 36.0 Å². The largest absolute Gasteiger partial charge is 0.368 e. The van der Waals surface area contributed by atoms with Gasteiger partial charge in [0.15, 0.2) is 0 Å². The molecule has 2 saturated heterocycles. The van der Waals surface area contributed by atoms with Crippen molar-refractivity contribution in [2.45, 2.75) is 12.8 Å². The molecule has 2 atom stereocenters. The van der Waals surface area contributed by atoms with Crippen LogP contribution in [0.15, 0.2) is 66.7 Å². The smallest absolute Gasteiger partial charge is 0.254 e. The van der Waals surface area contributed by atoms with Crippen molar-refractivity contribution >= 4 is 29.1 Å². The van der Waals surface area contributed by atoms with Gasteiger partial charge in [-0.25, -0.2) is 0 Å². The molecule has 2 aliphatic heterocycles. The molecule has 3 aliphatic rings. The summed E-state index contributed by atoms with van der Waals surface area (Å²) >= 11 is 0. The summed E-state index contributed by atoms with van der Waals surface area (Å²) in [5, 5.41) is 0. The summed E-state index contributed by atoms with van der Waals surface area (Å²) < 4.78 is 0. The second-order valence-corrected chi connectivity index (χ2v) is 8.33. The molecule has 3 amide bonds. The van der Waals surface area contributed by atoms with Crippen molar-refractivity contribution in [1.29, 1.82) is 0 Å². The lowest BCUT2D eigenvalue weighted by Crippen LogP contribution is -2.48. The molecule has 1 aliphatic carbocycles. The van der Waals surface area contributed by atoms with E-state index < -0.39 is 0 Å². The van der Waals surface area contributed by atoms with Gasteiger partial charge in [-0.2, -0.15) is 0 Å². The van der Waals surface area contributed by atoms with E-state index in [9.17, 15) is 14.4 Å². The zero-order valence-electron chi connectivity index (χ0n) is 17.3. The van der Waals surface area contributed by atoms with Gasteiger partial charge in [0.1, 0.15) is 0 Å². The molecule has 5 rings (SSSR count). The summed E-state index contributed by atoms with van der Waals surface area (Å²) in [6, 6.07) is 17.1. The van der Waals surface area contributed by atoms with Crippen LogP contribution >= 0.6 is 0 Å². The van der Waals surface area contributed by atoms with Crippen molar-refractivity contribution in [3.63, 3.8) is 0 Å². The van der Waals surface area contributed by atoms with Crippen molar-refractivity contribution in [3.05, 3.63) is 72.3 Å². The summed E-state index contributed by atoms with van der Waals surface area (Å²) in [4.78, 5) is 44.3. The van der Waals surface area contributed by atoms with Gasteiger partial charge in [-0.05, 0) is 43.2 Å². The van der Waals surface area contributed by atoms with Gasteiger partial charge in [0.05, 0.1) is 17.5 Å². The first-order valence-corrected chi connectivity index (χ1v) is 10.9. The topological polar surface area (TPSA) is 60.9 Å². The van der Waals surface area contributed by atoms with E-state index in [1.165, 1.54) is 10.6 Å². The molecule has 0 N–H and O–H groups in total. The minimum absolute atomic E-state index is 0.0623. The second kappa shape index (κ2) is 8.02. The van der Waals surface area contributed by atoms with Crippen LogP contribution in [0.3, 0.4) is 0 Å². The number of carbonyl (C=O) groups excluding carboxylic acids is 3. The Labute approximate surface area is 181 Å². The van der Waals surface area contributed by atoms with E-state index >= 15 is 0 Å². The molecule has 0 saturated carbocycles. The number of benzene rings is 2. The lowest BCUT2D eigenvalue weighted by atomic mass is 9.85. The number of para-hydroxylation sites is 1. The molecular formula is C25H25N3O3. The molecule has 2 aromatic carbocycles. The number of rotatable bonds is 3. The number of nitrogens with zero attached hydrogens (tertiary/aromatic N) is 3. The Bertz CT molecular complexity index is 1010. The third kappa shape index (κ3) is 3.52. The Morgan fingerprint density at radius 3 is 2.00 bits per heavy atom. The fourth-order valence-corrected chi connectivity index (χ4v) is 4.82. The minimum atomic E-state index is -0.275. The molecular weight excluding hydrogens is 390 g/mol. The Morgan fingerprint density at radius 2 is 1.35 bits per heavy atom. The van der Waals surface area contributed by atoms with Gasteiger partial charge in [0.25, 0.3) is 5.91 Å². The maximum atomic E-state index is 13.1. The van der Waals surface area contributed by atoms with E-state index in [0.717, 1.165) is 13.1 Å². The first-order valence-electron chi connectivity index (χ1n) is 10.9. The van der Waals surface area contributed by atoms with E-state index in [1.807, 2.05) is 35.3 Å². The number of amides is 3. The molecule has 0 radical (unpaired) electrons. The average molecular weight is 415 g/mol. The van der Waals surface area contributed by atoms with Gasteiger partial charge in [0, 0.05) is 37.4 Å². The molecule has 2 fully saturated rings. The van der Waals surface area contributed by atoms with Gasteiger partial charge in [-0.3, -0.25) is 19.3 Å². The third-order valence-corrected chi connectivity index (χ3v) is 6.55. The number of hydrogen-bond donors (Lipinski definition) is 0. The van der Waals surface area contributed by atoms with Crippen LogP contribution in [0.4, 0.5) is 11.4 Å². The van der Waals surface area contributed by atoms with Gasteiger partial charge < -0.3 is 9.80 Å². The first kappa shape index (κ1) is 19.5. The van der Waals surface area contributed by atoms with Crippen LogP contribution in [0.5, 0.6) is 0 Å². The summed E-state index contributed by atoms with van der Waals surface area (Å²) in [6.07, 6.45) is 5.17. The number of carbonyl (C=O) groups is 3. The molecule has 6 nitrogen and oxygen atoms in total. The standard InChI is InChI=1S/C25H25N3O3/c29-23(27-15-13-26(14-16-27)19-8-2-1-3-9-19)18-7-6-10-20(17-18)28-24(30)21-11-4-5-12-22(21)25(28)31/h1-10,17,21-22H,11-16H2/t21-,22-/m0/s1. The number of anilines is 2. The fourth-order valence-electron chi connectivity index (χ4n) is 4.82. The maximum Gasteiger partial charge on any atom is 0.254 e. The highest BCUT2D eigenvalue weighted by molar-refractivity contribution is 6.22. The maximum absolute atomic E-state index is 13.1. The molecule has 31 heavy (non-hydrogen) atoms. The number of imide groups is 1. The molecule has 6 heteroatoms. The van der Waals surface area contributed by atoms with Gasteiger partial charge in [-0.1, -0.05) is 36.4 Å². The monoisotopic (exact) mass is 415 g/mol. The molecule has 2 heterocycles. The van der Waals surface area contributed by atoms with Crippen LogP contribution in [0.2, 0.25) is 0 Å². The number of fused-ring (bicyclic) bond motifs is 1. The van der Waals surface area contributed by atoms with Gasteiger partial charge in [0.2, 0.25) is 11.8 Å². The van der Waals surface area contributed by atoms with Crippen LogP contribution < -0.4 is 9.80 Å². The summed E-state index contributed by atoms with van der Waals surface area (Å²) in [5.41, 5.74) is 2.18. The summed E-state index contributed by atoms with van der Waals surface area (Å²) in [7, 11) is 0. The number of allylic oxidation sites excluding steroid dienone is 2. The Kier molecular flexibility index (Phi) is 5.06. The van der Waals surface area contributed by atoms with Crippen LogP contribution in [0.1, 0.15) is 23.2 Å². The molecule has 158 valence electrons. The third-order valence-electron chi connectivity index (χ3n) is 6.55. The Hall–Kier alpha value is -3.41. The van der Waals surface area contributed by atoms with E-state index in [2.05, 4.69) is 17.0 Å². The first-order chi connectivity index (χ1) is 15.1. The average Bonchev–Trinajstić information content (AvgIpc) is 3.09. The summed E-state index contributed by atoms with van der Waals surface area (Å²) in [6.45, 7) is 2.81. The highest BCUT2D eigenvalue weighted by Gasteiger charge is 2.47. The SMILES string of the molecule is O=C(c1cccc(N2C(=O)[C@H]3CC=CC[C@@H]3C2=O)c1)N1CCN(c2ccccc2)CC1. The van der Waals surface area contributed by atoms with E-state index in [0.29, 0.717) is 37.2 Å². The van der Waals surface area contributed by atoms with Crippen molar-refractivity contribution < 1.29 is 14.4 Å². The lowest BCUT2D eigenvalue weighted by molar-refractivity contribution is -0.122. The Balaban J connectivity index is 1.30. The van der Waals surface area contributed by atoms with E-state index in [4.69, 9.17) is 0 Å². The van der Waals surface area contributed by atoms with Crippen LogP contribution in [-0.4, -0.2) is 48.8 Å². The van der Waals surface area contributed by atoms with Crippen molar-refractivity contribution in [2.24, 2.45) is 11.8 Å². The van der Waals surface area contributed by atoms with Crippen LogP contribution in [-0.2, 0) is 9.59 Å². The zero-order valence-corrected chi connectivity index (χ0v) is 17.3. The lowest BCUT2D eigenvalue weighted by Gasteiger charge is -2.36. The molecule has 0 bridgehead atoms. The van der Waals surface area contributed by atoms with Gasteiger partial charge >= 0.3 is 0 Å². The molecule has 0 spiro atoms. The highest BCUT2D eigenvalue weighted by atomic mass is 16.2. The van der Waals surface area contributed by atoms with E-state index in [-0.39, 0.29) is 29.6 Å². The summed E-state index contributed by atoms with van der Waals surface area (Å²) in [5.74, 6) is -0.917. The van der Waals surface area contributed by atoms with Crippen LogP contribution in [0.25, 0.3) is 0 Å². The quantitative estimate of drug-likeness (QED) is 0.571. The predicted octanol–water partition coefficient (Wildman–Crippen LogP) is 3.10. The van der Waals surface area contributed by atoms with E-state index in [1.54, 1.807) is 24.3 Å². The minimum Gasteiger partial charge on any atom is -0.368 e. The highest BCUT2D eigenvalue weighted by Crippen LogP contribution is 2.37. The molecule has 2 aromatic rings. The molecule has 0 aromatic heterocycles. The normalized spacial score (nSPS) is 23.3. The second-order valence-electron chi connectivity index (χ2n) is 8.33. The van der Waals surface area contributed by atoms with Crippen molar-refractivity contribution in [1.82, 2.24) is 4.90 Å². The van der Waals surface area contributed by atoms with Gasteiger partial charge in [-0.15, -0.1) is 0 Å². The number of hydrogen-bond acceptors (Lipinski definition) is 4. The van der Waals surface area contributed by atoms with Crippen LogP contribution in [0, 0.1) is 11.8 Å². The predicted molar refractivity (Wildman–Crippen MR) is 119 cm³/mol. The van der Waals surface area contributed by atoms with Crippen molar-refractivity contribution in [3.8, 4) is 0 Å².